The first kappa shape index (κ1) is 18.5. The summed E-state index contributed by atoms with van der Waals surface area (Å²) >= 11 is 0. The number of fused-ring (bicyclic) bond motifs is 1. The first-order valence-corrected chi connectivity index (χ1v) is 10.3. The van der Waals surface area contributed by atoms with Crippen LogP contribution in [0, 0.1) is 11.8 Å². The van der Waals surface area contributed by atoms with Gasteiger partial charge in [-0.1, -0.05) is 36.8 Å². The van der Waals surface area contributed by atoms with Gasteiger partial charge < -0.3 is 15.1 Å². The zero-order chi connectivity index (χ0) is 19.0. The van der Waals surface area contributed by atoms with Crippen molar-refractivity contribution in [2.75, 3.05) is 26.2 Å². The third-order valence-corrected chi connectivity index (χ3v) is 6.92. The van der Waals surface area contributed by atoms with E-state index >= 15 is 0 Å². The van der Waals surface area contributed by atoms with Crippen LogP contribution in [0.2, 0.25) is 0 Å². The smallest absolute Gasteiger partial charge is 0.220 e. The van der Waals surface area contributed by atoms with E-state index in [-0.39, 0.29) is 29.3 Å². The van der Waals surface area contributed by atoms with Gasteiger partial charge in [0.2, 0.25) is 11.8 Å². The zero-order valence-electron chi connectivity index (χ0n) is 16.5. The lowest BCUT2D eigenvalue weighted by molar-refractivity contribution is -0.130. The molecule has 3 aliphatic rings. The molecule has 0 aromatic heterocycles. The molecule has 0 unspecified atom stereocenters. The number of hydrogen-bond donors (Lipinski definition) is 1. The molecule has 1 aliphatic carbocycles. The Hall–Kier alpha value is -1.88. The predicted octanol–water partition coefficient (Wildman–Crippen LogP) is 2.59. The number of carbonyl (C=O) groups excluding carboxylic acids is 2. The van der Waals surface area contributed by atoms with E-state index in [9.17, 15) is 9.59 Å². The number of nitrogens with zero attached hydrogens (tertiary/aromatic N) is 2. The molecule has 146 valence electrons. The summed E-state index contributed by atoms with van der Waals surface area (Å²) in [5, 5.41) is 3.28. The van der Waals surface area contributed by atoms with Gasteiger partial charge in [-0.3, -0.25) is 9.59 Å². The summed E-state index contributed by atoms with van der Waals surface area (Å²) in [6.07, 6.45) is 4.97. The molecule has 1 aromatic carbocycles. The second kappa shape index (κ2) is 7.27. The van der Waals surface area contributed by atoms with Gasteiger partial charge in [-0.25, -0.2) is 0 Å². The molecule has 2 saturated heterocycles. The Morgan fingerprint density at radius 2 is 1.93 bits per heavy atom. The molecule has 0 radical (unpaired) electrons. The van der Waals surface area contributed by atoms with Crippen molar-refractivity contribution in [3.8, 4) is 0 Å². The van der Waals surface area contributed by atoms with Gasteiger partial charge in [0.25, 0.3) is 0 Å². The van der Waals surface area contributed by atoms with Gasteiger partial charge in [-0.05, 0) is 30.7 Å². The quantitative estimate of drug-likeness (QED) is 0.888. The van der Waals surface area contributed by atoms with E-state index < -0.39 is 0 Å². The van der Waals surface area contributed by atoms with Crippen molar-refractivity contribution in [2.24, 2.45) is 11.8 Å². The van der Waals surface area contributed by atoms with Gasteiger partial charge in [0.1, 0.15) is 0 Å². The number of benzene rings is 1. The van der Waals surface area contributed by atoms with E-state index in [0.717, 1.165) is 32.0 Å². The molecule has 27 heavy (non-hydrogen) atoms. The average Bonchev–Trinajstić information content (AvgIpc) is 2.93. The zero-order valence-corrected chi connectivity index (χ0v) is 16.5. The highest BCUT2D eigenvalue weighted by Gasteiger charge is 2.56. The van der Waals surface area contributed by atoms with Crippen molar-refractivity contribution in [3.63, 3.8) is 0 Å². The molecule has 1 aromatic rings. The van der Waals surface area contributed by atoms with Crippen molar-refractivity contribution in [2.45, 2.75) is 51.1 Å². The highest BCUT2D eigenvalue weighted by Crippen LogP contribution is 2.47. The maximum atomic E-state index is 12.5. The number of nitrogens with one attached hydrogen (secondary N) is 1. The Balaban J connectivity index is 1.66. The van der Waals surface area contributed by atoms with Crippen LogP contribution >= 0.6 is 0 Å². The Kier molecular flexibility index (Phi) is 4.97. The van der Waals surface area contributed by atoms with Crippen LogP contribution in [-0.4, -0.2) is 53.3 Å². The number of amides is 2. The van der Waals surface area contributed by atoms with Crippen LogP contribution < -0.4 is 5.32 Å². The monoisotopic (exact) mass is 369 g/mol. The van der Waals surface area contributed by atoms with E-state index in [1.165, 1.54) is 24.8 Å². The summed E-state index contributed by atoms with van der Waals surface area (Å²) in [7, 11) is 0. The minimum absolute atomic E-state index is 0.00431. The third kappa shape index (κ3) is 3.49. The molecule has 2 heterocycles. The minimum atomic E-state index is -0.311. The van der Waals surface area contributed by atoms with Gasteiger partial charge in [-0.2, -0.15) is 0 Å². The first-order valence-electron chi connectivity index (χ1n) is 10.3. The lowest BCUT2D eigenvalue weighted by atomic mass is 9.75. The molecular formula is C22H31N3O2. The molecule has 2 amide bonds. The third-order valence-electron chi connectivity index (χ3n) is 6.92. The van der Waals surface area contributed by atoms with E-state index in [2.05, 4.69) is 22.3 Å². The van der Waals surface area contributed by atoms with Gasteiger partial charge in [0, 0.05) is 45.9 Å². The van der Waals surface area contributed by atoms with Crippen molar-refractivity contribution in [1.82, 2.24) is 15.1 Å². The molecule has 4 rings (SSSR count). The van der Waals surface area contributed by atoms with E-state index in [1.54, 1.807) is 13.8 Å². The molecule has 0 spiro atoms. The second-order valence-corrected chi connectivity index (χ2v) is 8.75. The predicted molar refractivity (Wildman–Crippen MR) is 105 cm³/mol. The largest absolute Gasteiger partial charge is 0.349 e. The van der Waals surface area contributed by atoms with Crippen LogP contribution in [0.25, 0.3) is 0 Å². The van der Waals surface area contributed by atoms with E-state index in [4.69, 9.17) is 0 Å². The highest BCUT2D eigenvalue weighted by atomic mass is 16.2. The van der Waals surface area contributed by atoms with Crippen molar-refractivity contribution >= 4 is 11.8 Å². The Morgan fingerprint density at radius 1 is 1.19 bits per heavy atom. The SMILES string of the molecule is CC(=O)N[C@@]12CCN(CC3CCC3)C[C@@H]1[C@@H](c1ccccc1)N(C(C)=O)C2. The number of rotatable bonds is 4. The Bertz CT molecular complexity index is 703. The highest BCUT2D eigenvalue weighted by molar-refractivity contribution is 5.77. The van der Waals surface area contributed by atoms with E-state index in [0.29, 0.717) is 6.54 Å². The van der Waals surface area contributed by atoms with Gasteiger partial charge in [0.15, 0.2) is 0 Å². The van der Waals surface area contributed by atoms with Gasteiger partial charge >= 0.3 is 0 Å². The minimum Gasteiger partial charge on any atom is -0.349 e. The van der Waals surface area contributed by atoms with Crippen LogP contribution in [0.3, 0.4) is 0 Å². The number of likely N-dealkylation sites (tertiary alicyclic amines) is 2. The molecule has 1 N–H and O–H groups in total. The normalized spacial score (nSPS) is 31.3. The van der Waals surface area contributed by atoms with Crippen LogP contribution in [-0.2, 0) is 9.59 Å². The molecule has 3 fully saturated rings. The molecule has 5 nitrogen and oxygen atoms in total. The summed E-state index contributed by atoms with van der Waals surface area (Å²) < 4.78 is 0. The summed E-state index contributed by atoms with van der Waals surface area (Å²) in [6, 6.07) is 10.4. The lowest BCUT2D eigenvalue weighted by Gasteiger charge is -2.46. The van der Waals surface area contributed by atoms with Gasteiger partial charge in [-0.15, -0.1) is 0 Å². The number of piperidine rings is 1. The Labute approximate surface area is 162 Å². The van der Waals surface area contributed by atoms with Crippen molar-refractivity contribution in [1.29, 1.82) is 0 Å². The number of hydrogen-bond acceptors (Lipinski definition) is 3. The summed E-state index contributed by atoms with van der Waals surface area (Å²) in [5.41, 5.74) is 0.865. The standard InChI is InChI=1S/C22H31N3O2/c1-16(26)23-22-11-12-24(13-18-7-6-8-18)14-20(22)21(25(15-22)17(2)27)19-9-4-3-5-10-19/h3-5,9-10,18,20-21H,6-8,11-15H2,1-2H3,(H,23,26)/t20-,21-,22-/m1/s1. The topological polar surface area (TPSA) is 52.7 Å². The summed E-state index contributed by atoms with van der Waals surface area (Å²) in [6.45, 7) is 6.97. The van der Waals surface area contributed by atoms with Crippen LogP contribution in [0.4, 0.5) is 0 Å². The van der Waals surface area contributed by atoms with Crippen LogP contribution in [0.1, 0.15) is 51.1 Å². The molecule has 1 saturated carbocycles. The van der Waals surface area contributed by atoms with Crippen LogP contribution in [0.15, 0.2) is 30.3 Å². The fourth-order valence-corrected chi connectivity index (χ4v) is 5.43. The molecule has 5 heteroatoms. The fraction of sp³-hybridized carbons (Fsp3) is 0.636. The van der Waals surface area contributed by atoms with Gasteiger partial charge in [0.05, 0.1) is 11.6 Å². The molecular weight excluding hydrogens is 338 g/mol. The maximum absolute atomic E-state index is 12.5. The average molecular weight is 370 g/mol. The lowest BCUT2D eigenvalue weighted by Crippen LogP contribution is -2.61. The van der Waals surface area contributed by atoms with Crippen molar-refractivity contribution in [3.05, 3.63) is 35.9 Å². The maximum Gasteiger partial charge on any atom is 0.220 e. The van der Waals surface area contributed by atoms with E-state index in [1.807, 2.05) is 23.1 Å². The van der Waals surface area contributed by atoms with Crippen LogP contribution in [0.5, 0.6) is 0 Å². The van der Waals surface area contributed by atoms with Crippen molar-refractivity contribution < 1.29 is 9.59 Å². The first-order chi connectivity index (χ1) is 13.0. The number of carbonyl (C=O) groups is 2. The summed E-state index contributed by atoms with van der Waals surface area (Å²) in [5.74, 6) is 1.15. The summed E-state index contributed by atoms with van der Waals surface area (Å²) in [4.78, 5) is 29.1. The molecule has 2 aliphatic heterocycles. The Morgan fingerprint density at radius 3 is 2.52 bits per heavy atom. The fourth-order valence-electron chi connectivity index (χ4n) is 5.43. The molecule has 0 bridgehead atoms. The molecule has 3 atom stereocenters. The second-order valence-electron chi connectivity index (χ2n) is 8.75.